The minimum atomic E-state index is -0.147. The molecule has 94 valence electrons. The van der Waals surface area contributed by atoms with Gasteiger partial charge in [-0.1, -0.05) is 18.2 Å². The summed E-state index contributed by atoms with van der Waals surface area (Å²) in [6, 6.07) is 9.25. The number of nitrogens with zero attached hydrogens (tertiary/aromatic N) is 3. The van der Waals surface area contributed by atoms with Crippen LogP contribution in [0.15, 0.2) is 48.9 Å². The zero-order valence-corrected chi connectivity index (χ0v) is 10.4. The number of amides is 1. The summed E-state index contributed by atoms with van der Waals surface area (Å²) in [6.07, 6.45) is 5.01. The van der Waals surface area contributed by atoms with Crippen LogP contribution in [0.2, 0.25) is 0 Å². The SMILES string of the molecule is Cc1ccccc1C(=O)Nc1cnc2ccnn2c1. The second-order valence-electron chi connectivity index (χ2n) is 4.25. The third kappa shape index (κ3) is 2.18. The first-order valence-electron chi connectivity index (χ1n) is 5.90. The Morgan fingerprint density at radius 3 is 2.95 bits per heavy atom. The fourth-order valence-corrected chi connectivity index (χ4v) is 1.90. The zero-order chi connectivity index (χ0) is 13.2. The smallest absolute Gasteiger partial charge is 0.256 e. The molecular weight excluding hydrogens is 240 g/mol. The van der Waals surface area contributed by atoms with Crippen LogP contribution in [0.25, 0.3) is 5.65 Å². The van der Waals surface area contributed by atoms with Crippen molar-refractivity contribution in [3.8, 4) is 0 Å². The Bertz CT molecular complexity index is 748. The van der Waals surface area contributed by atoms with Gasteiger partial charge in [0.2, 0.25) is 0 Å². The summed E-state index contributed by atoms with van der Waals surface area (Å²) >= 11 is 0. The highest BCUT2D eigenvalue weighted by Crippen LogP contribution is 2.12. The quantitative estimate of drug-likeness (QED) is 0.761. The molecule has 19 heavy (non-hydrogen) atoms. The van der Waals surface area contributed by atoms with E-state index in [-0.39, 0.29) is 5.91 Å². The molecule has 0 unspecified atom stereocenters. The Morgan fingerprint density at radius 2 is 2.11 bits per heavy atom. The van der Waals surface area contributed by atoms with E-state index < -0.39 is 0 Å². The van der Waals surface area contributed by atoms with E-state index in [1.54, 1.807) is 35.2 Å². The monoisotopic (exact) mass is 252 g/mol. The molecule has 0 saturated carbocycles. The lowest BCUT2D eigenvalue weighted by Crippen LogP contribution is -2.14. The standard InChI is InChI=1S/C14H12N4O/c1-10-4-2-3-5-12(10)14(19)17-11-8-15-13-6-7-16-18(13)9-11/h2-9H,1H3,(H,17,19). The van der Waals surface area contributed by atoms with Gasteiger partial charge in [0.1, 0.15) is 0 Å². The number of carbonyl (C=O) groups is 1. The van der Waals surface area contributed by atoms with E-state index in [1.807, 2.05) is 25.1 Å². The van der Waals surface area contributed by atoms with Gasteiger partial charge in [0.25, 0.3) is 5.91 Å². The molecular formula is C14H12N4O. The van der Waals surface area contributed by atoms with Crippen molar-refractivity contribution in [1.29, 1.82) is 0 Å². The number of nitrogens with one attached hydrogen (secondary N) is 1. The van der Waals surface area contributed by atoms with Crippen LogP contribution in [-0.4, -0.2) is 20.5 Å². The topological polar surface area (TPSA) is 59.3 Å². The molecule has 1 amide bonds. The number of aryl methyl sites for hydroxylation is 1. The van der Waals surface area contributed by atoms with Gasteiger partial charge in [0, 0.05) is 11.6 Å². The lowest BCUT2D eigenvalue weighted by Gasteiger charge is -2.07. The Balaban J connectivity index is 1.88. The number of hydrogen-bond acceptors (Lipinski definition) is 3. The third-order valence-corrected chi connectivity index (χ3v) is 2.89. The van der Waals surface area contributed by atoms with E-state index in [1.165, 1.54) is 0 Å². The van der Waals surface area contributed by atoms with E-state index >= 15 is 0 Å². The molecule has 1 N–H and O–H groups in total. The van der Waals surface area contributed by atoms with Crippen LogP contribution in [0.3, 0.4) is 0 Å². The van der Waals surface area contributed by atoms with Gasteiger partial charge in [-0.3, -0.25) is 4.79 Å². The Kier molecular flexibility index (Phi) is 2.72. The van der Waals surface area contributed by atoms with Crippen molar-refractivity contribution < 1.29 is 4.79 Å². The summed E-state index contributed by atoms with van der Waals surface area (Å²) in [4.78, 5) is 16.3. The normalized spacial score (nSPS) is 10.6. The molecule has 1 aromatic carbocycles. The van der Waals surface area contributed by atoms with Gasteiger partial charge in [-0.15, -0.1) is 0 Å². The second kappa shape index (κ2) is 4.53. The Morgan fingerprint density at radius 1 is 1.26 bits per heavy atom. The molecule has 3 aromatic rings. The number of hydrogen-bond donors (Lipinski definition) is 1. The summed E-state index contributed by atoms with van der Waals surface area (Å²) < 4.78 is 1.62. The van der Waals surface area contributed by atoms with E-state index in [9.17, 15) is 4.79 Å². The summed E-state index contributed by atoms with van der Waals surface area (Å²) in [5.41, 5.74) is 2.95. The third-order valence-electron chi connectivity index (χ3n) is 2.89. The van der Waals surface area contributed by atoms with Gasteiger partial charge in [-0.05, 0) is 18.6 Å². The van der Waals surface area contributed by atoms with Gasteiger partial charge in [0.15, 0.2) is 5.65 Å². The van der Waals surface area contributed by atoms with Crippen LogP contribution in [0.4, 0.5) is 5.69 Å². The predicted molar refractivity (Wildman–Crippen MR) is 72.1 cm³/mol. The maximum atomic E-state index is 12.1. The summed E-state index contributed by atoms with van der Waals surface area (Å²) in [7, 11) is 0. The number of fused-ring (bicyclic) bond motifs is 1. The first-order chi connectivity index (χ1) is 9.24. The van der Waals surface area contributed by atoms with Gasteiger partial charge in [-0.2, -0.15) is 5.10 Å². The number of aromatic nitrogens is 3. The zero-order valence-electron chi connectivity index (χ0n) is 10.4. The maximum absolute atomic E-state index is 12.1. The van der Waals surface area contributed by atoms with E-state index in [0.29, 0.717) is 11.3 Å². The Labute approximate surface area is 109 Å². The molecule has 0 saturated heterocycles. The van der Waals surface area contributed by atoms with Crippen molar-refractivity contribution in [3.63, 3.8) is 0 Å². The number of carbonyl (C=O) groups excluding carboxylic acids is 1. The maximum Gasteiger partial charge on any atom is 0.256 e. The first kappa shape index (κ1) is 11.4. The van der Waals surface area contributed by atoms with Gasteiger partial charge in [0.05, 0.1) is 24.3 Å². The first-order valence-corrected chi connectivity index (χ1v) is 5.90. The van der Waals surface area contributed by atoms with Crippen LogP contribution in [0.1, 0.15) is 15.9 Å². The van der Waals surface area contributed by atoms with Crippen molar-refractivity contribution >= 4 is 17.2 Å². The molecule has 0 aliphatic rings. The van der Waals surface area contributed by atoms with Gasteiger partial charge >= 0.3 is 0 Å². The second-order valence-corrected chi connectivity index (χ2v) is 4.25. The number of anilines is 1. The van der Waals surface area contributed by atoms with Gasteiger partial charge < -0.3 is 5.32 Å². The molecule has 5 heteroatoms. The van der Waals surface area contributed by atoms with E-state index in [4.69, 9.17) is 0 Å². The highest BCUT2D eigenvalue weighted by atomic mass is 16.1. The average molecular weight is 252 g/mol. The number of benzene rings is 1. The summed E-state index contributed by atoms with van der Waals surface area (Å²) in [5.74, 6) is -0.147. The summed E-state index contributed by atoms with van der Waals surface area (Å²) in [5, 5.41) is 6.90. The molecule has 3 rings (SSSR count). The average Bonchev–Trinajstić information content (AvgIpc) is 2.86. The fraction of sp³-hybridized carbons (Fsp3) is 0.0714. The van der Waals surface area contributed by atoms with Crippen molar-refractivity contribution in [2.45, 2.75) is 6.92 Å². The fourth-order valence-electron chi connectivity index (χ4n) is 1.90. The van der Waals surface area contributed by atoms with Crippen LogP contribution < -0.4 is 5.32 Å². The van der Waals surface area contributed by atoms with Crippen LogP contribution in [0, 0.1) is 6.92 Å². The minimum absolute atomic E-state index is 0.147. The van der Waals surface area contributed by atoms with E-state index in [2.05, 4.69) is 15.4 Å². The predicted octanol–water partition coefficient (Wildman–Crippen LogP) is 2.29. The largest absolute Gasteiger partial charge is 0.319 e. The lowest BCUT2D eigenvalue weighted by molar-refractivity contribution is 0.102. The van der Waals surface area contributed by atoms with Gasteiger partial charge in [-0.25, -0.2) is 9.50 Å². The van der Waals surface area contributed by atoms with Crippen molar-refractivity contribution in [2.24, 2.45) is 0 Å². The molecule has 0 aliphatic carbocycles. The highest BCUT2D eigenvalue weighted by Gasteiger charge is 2.09. The highest BCUT2D eigenvalue weighted by molar-refractivity contribution is 6.05. The van der Waals surface area contributed by atoms with Crippen molar-refractivity contribution in [3.05, 3.63) is 60.0 Å². The van der Waals surface area contributed by atoms with Crippen LogP contribution in [0.5, 0.6) is 0 Å². The molecule has 0 aliphatic heterocycles. The van der Waals surface area contributed by atoms with Crippen molar-refractivity contribution in [2.75, 3.05) is 5.32 Å². The van der Waals surface area contributed by atoms with E-state index in [0.717, 1.165) is 11.2 Å². The molecule has 0 fully saturated rings. The molecule has 0 atom stereocenters. The molecule has 2 heterocycles. The minimum Gasteiger partial charge on any atom is -0.319 e. The molecule has 2 aromatic heterocycles. The van der Waals surface area contributed by atoms with Crippen LogP contribution >= 0.6 is 0 Å². The molecule has 0 spiro atoms. The molecule has 5 nitrogen and oxygen atoms in total. The molecule has 0 bridgehead atoms. The lowest BCUT2D eigenvalue weighted by atomic mass is 10.1. The van der Waals surface area contributed by atoms with Crippen molar-refractivity contribution in [1.82, 2.24) is 14.6 Å². The Hall–Kier alpha value is -2.69. The number of rotatable bonds is 2. The molecule has 0 radical (unpaired) electrons. The van der Waals surface area contributed by atoms with Crippen LogP contribution in [-0.2, 0) is 0 Å². The summed E-state index contributed by atoms with van der Waals surface area (Å²) in [6.45, 7) is 1.91.